The molecule has 0 aliphatic carbocycles. The number of nitrogens with one attached hydrogen (secondary N) is 1. The molecular weight excluding hydrogens is 248 g/mol. The van der Waals surface area contributed by atoms with Gasteiger partial charge in [0.15, 0.2) is 0 Å². The number of aliphatic hydroxyl groups excluding tert-OH is 1. The summed E-state index contributed by atoms with van der Waals surface area (Å²) in [5, 5.41) is 13.2. The first-order valence-electron chi connectivity index (χ1n) is 7.88. The van der Waals surface area contributed by atoms with Crippen molar-refractivity contribution in [3.05, 3.63) is 29.8 Å². The first-order valence-corrected chi connectivity index (χ1v) is 7.88. The van der Waals surface area contributed by atoms with Gasteiger partial charge >= 0.3 is 0 Å². The minimum absolute atomic E-state index is 0.173. The maximum absolute atomic E-state index is 9.72. The molecule has 2 rings (SSSR count). The van der Waals surface area contributed by atoms with Crippen LogP contribution in [0, 0.1) is 5.92 Å². The molecule has 1 aromatic carbocycles. The van der Waals surface area contributed by atoms with E-state index in [0.717, 1.165) is 32.5 Å². The maximum Gasteiger partial charge on any atom is 0.0541 e. The van der Waals surface area contributed by atoms with Gasteiger partial charge in [-0.3, -0.25) is 0 Å². The van der Waals surface area contributed by atoms with E-state index in [1.54, 1.807) is 0 Å². The molecule has 1 saturated heterocycles. The van der Waals surface area contributed by atoms with Crippen molar-refractivity contribution in [1.29, 1.82) is 0 Å². The van der Waals surface area contributed by atoms with E-state index in [4.69, 9.17) is 0 Å². The van der Waals surface area contributed by atoms with E-state index in [1.165, 1.54) is 11.3 Å². The highest BCUT2D eigenvalue weighted by atomic mass is 16.3. The Labute approximate surface area is 123 Å². The highest BCUT2D eigenvalue weighted by molar-refractivity contribution is 5.55. The largest absolute Gasteiger partial charge is 0.393 e. The van der Waals surface area contributed by atoms with Crippen LogP contribution in [0.25, 0.3) is 0 Å². The Balaban J connectivity index is 2.10. The van der Waals surface area contributed by atoms with Gasteiger partial charge in [-0.15, -0.1) is 0 Å². The van der Waals surface area contributed by atoms with Crippen molar-refractivity contribution >= 4 is 5.69 Å². The third-order valence-corrected chi connectivity index (χ3v) is 4.48. The van der Waals surface area contributed by atoms with Crippen LogP contribution in [0.4, 0.5) is 5.69 Å². The van der Waals surface area contributed by atoms with Gasteiger partial charge in [-0.05, 0) is 50.8 Å². The molecule has 1 aromatic rings. The SMILES string of the molecule is CCNC(C)c1ccccc1N1CCC(C(C)O)CC1. The van der Waals surface area contributed by atoms with Crippen LogP contribution in [-0.2, 0) is 0 Å². The van der Waals surface area contributed by atoms with Crippen molar-refractivity contribution in [2.24, 2.45) is 5.92 Å². The van der Waals surface area contributed by atoms with Gasteiger partial charge in [0.05, 0.1) is 6.10 Å². The molecule has 1 aliphatic heterocycles. The summed E-state index contributed by atoms with van der Waals surface area (Å²) >= 11 is 0. The number of hydrogen-bond donors (Lipinski definition) is 2. The molecule has 2 N–H and O–H groups in total. The predicted octanol–water partition coefficient (Wildman–Crippen LogP) is 2.95. The van der Waals surface area contributed by atoms with Crippen molar-refractivity contribution in [2.45, 2.75) is 45.8 Å². The van der Waals surface area contributed by atoms with Gasteiger partial charge in [-0.2, -0.15) is 0 Å². The van der Waals surface area contributed by atoms with Gasteiger partial charge in [0.25, 0.3) is 0 Å². The maximum atomic E-state index is 9.72. The lowest BCUT2D eigenvalue weighted by Gasteiger charge is -2.36. The summed E-state index contributed by atoms with van der Waals surface area (Å²) < 4.78 is 0. The van der Waals surface area contributed by atoms with E-state index in [9.17, 15) is 5.11 Å². The van der Waals surface area contributed by atoms with Crippen molar-refractivity contribution < 1.29 is 5.11 Å². The zero-order chi connectivity index (χ0) is 14.5. The van der Waals surface area contributed by atoms with Crippen LogP contribution in [0.5, 0.6) is 0 Å². The lowest BCUT2D eigenvalue weighted by Crippen LogP contribution is -2.38. The summed E-state index contributed by atoms with van der Waals surface area (Å²) in [6.07, 6.45) is 2.00. The van der Waals surface area contributed by atoms with Gasteiger partial charge in [-0.25, -0.2) is 0 Å². The molecule has 2 atom stereocenters. The molecule has 2 unspecified atom stereocenters. The van der Waals surface area contributed by atoms with Gasteiger partial charge in [0.1, 0.15) is 0 Å². The Morgan fingerprint density at radius 3 is 2.50 bits per heavy atom. The van der Waals surface area contributed by atoms with E-state index in [2.05, 4.69) is 48.3 Å². The van der Waals surface area contributed by atoms with E-state index in [-0.39, 0.29) is 6.10 Å². The molecule has 1 fully saturated rings. The highest BCUT2D eigenvalue weighted by Crippen LogP contribution is 2.30. The van der Waals surface area contributed by atoms with Gasteiger partial charge in [0.2, 0.25) is 0 Å². The van der Waals surface area contributed by atoms with Crippen LogP contribution in [0.15, 0.2) is 24.3 Å². The van der Waals surface area contributed by atoms with Crippen molar-refractivity contribution in [1.82, 2.24) is 5.32 Å². The Morgan fingerprint density at radius 2 is 1.90 bits per heavy atom. The molecule has 0 radical (unpaired) electrons. The summed E-state index contributed by atoms with van der Waals surface area (Å²) in [5.74, 6) is 0.463. The number of benzene rings is 1. The van der Waals surface area contributed by atoms with Crippen LogP contribution in [0.3, 0.4) is 0 Å². The average Bonchev–Trinajstić information content (AvgIpc) is 2.47. The highest BCUT2D eigenvalue weighted by Gasteiger charge is 2.24. The lowest BCUT2D eigenvalue weighted by molar-refractivity contribution is 0.110. The number of piperidine rings is 1. The average molecular weight is 276 g/mol. The van der Waals surface area contributed by atoms with Gasteiger partial charge < -0.3 is 15.3 Å². The van der Waals surface area contributed by atoms with Gasteiger partial charge in [0, 0.05) is 24.8 Å². The smallest absolute Gasteiger partial charge is 0.0541 e. The summed E-state index contributed by atoms with van der Waals surface area (Å²) in [6.45, 7) is 9.37. The molecule has 0 saturated carbocycles. The molecule has 20 heavy (non-hydrogen) atoms. The fraction of sp³-hybridized carbons (Fsp3) is 0.647. The van der Waals surface area contributed by atoms with Crippen LogP contribution < -0.4 is 10.2 Å². The molecule has 112 valence electrons. The van der Waals surface area contributed by atoms with E-state index < -0.39 is 0 Å². The van der Waals surface area contributed by atoms with E-state index in [1.807, 2.05) is 6.92 Å². The number of anilines is 1. The monoisotopic (exact) mass is 276 g/mol. The second-order valence-corrected chi connectivity index (χ2v) is 5.90. The molecule has 3 nitrogen and oxygen atoms in total. The number of hydrogen-bond acceptors (Lipinski definition) is 3. The molecule has 0 aromatic heterocycles. The Bertz CT molecular complexity index is 411. The molecular formula is C17H28N2O. The number of para-hydroxylation sites is 1. The lowest BCUT2D eigenvalue weighted by atomic mass is 9.91. The molecule has 0 bridgehead atoms. The van der Waals surface area contributed by atoms with Crippen LogP contribution in [0.2, 0.25) is 0 Å². The molecule has 0 amide bonds. The minimum Gasteiger partial charge on any atom is -0.393 e. The Kier molecular flexibility index (Phi) is 5.44. The fourth-order valence-electron chi connectivity index (χ4n) is 3.18. The van der Waals surface area contributed by atoms with E-state index in [0.29, 0.717) is 12.0 Å². The summed E-state index contributed by atoms with van der Waals surface area (Å²) in [4.78, 5) is 2.47. The number of aliphatic hydroxyl groups is 1. The third-order valence-electron chi connectivity index (χ3n) is 4.48. The fourth-order valence-corrected chi connectivity index (χ4v) is 3.18. The molecule has 0 spiro atoms. The van der Waals surface area contributed by atoms with E-state index >= 15 is 0 Å². The summed E-state index contributed by atoms with van der Waals surface area (Å²) in [5.41, 5.74) is 2.73. The van der Waals surface area contributed by atoms with Gasteiger partial charge in [-0.1, -0.05) is 25.1 Å². The quantitative estimate of drug-likeness (QED) is 0.868. The zero-order valence-corrected chi connectivity index (χ0v) is 13.0. The van der Waals surface area contributed by atoms with Crippen molar-refractivity contribution in [3.8, 4) is 0 Å². The Morgan fingerprint density at radius 1 is 1.25 bits per heavy atom. The molecule has 3 heteroatoms. The molecule has 1 heterocycles. The Hall–Kier alpha value is -1.06. The first-order chi connectivity index (χ1) is 9.63. The normalized spacial score (nSPS) is 19.9. The predicted molar refractivity (Wildman–Crippen MR) is 85.2 cm³/mol. The zero-order valence-electron chi connectivity index (χ0n) is 13.0. The number of rotatable bonds is 5. The molecule has 1 aliphatic rings. The second-order valence-electron chi connectivity index (χ2n) is 5.90. The topological polar surface area (TPSA) is 35.5 Å². The standard InChI is InChI=1S/C17H28N2O/c1-4-18-13(2)16-7-5-6-8-17(16)19-11-9-15(10-12-19)14(3)20/h5-8,13-15,18,20H,4,9-12H2,1-3H3. The second kappa shape index (κ2) is 7.09. The summed E-state index contributed by atoms with van der Waals surface area (Å²) in [7, 11) is 0. The van der Waals surface area contributed by atoms with Crippen LogP contribution >= 0.6 is 0 Å². The number of nitrogens with zero attached hydrogens (tertiary/aromatic N) is 1. The van der Waals surface area contributed by atoms with Crippen molar-refractivity contribution in [2.75, 3.05) is 24.5 Å². The van der Waals surface area contributed by atoms with Crippen LogP contribution in [-0.4, -0.2) is 30.8 Å². The van der Waals surface area contributed by atoms with Crippen molar-refractivity contribution in [3.63, 3.8) is 0 Å². The third kappa shape index (κ3) is 3.53. The van der Waals surface area contributed by atoms with Crippen LogP contribution in [0.1, 0.15) is 45.2 Å². The summed E-state index contributed by atoms with van der Waals surface area (Å²) in [6, 6.07) is 9.08. The minimum atomic E-state index is -0.173. The first kappa shape index (κ1) is 15.3.